The van der Waals surface area contributed by atoms with Gasteiger partial charge in [-0.25, -0.2) is 9.37 Å². The molecule has 3 heterocycles. The van der Waals surface area contributed by atoms with Crippen LogP contribution < -0.4 is 10.2 Å². The highest BCUT2D eigenvalue weighted by Gasteiger charge is 2.22. The van der Waals surface area contributed by atoms with Crippen molar-refractivity contribution in [3.05, 3.63) is 101 Å². The van der Waals surface area contributed by atoms with Gasteiger partial charge in [0.1, 0.15) is 11.6 Å². The first-order valence-electron chi connectivity index (χ1n) is 10.8. The van der Waals surface area contributed by atoms with Crippen molar-refractivity contribution in [2.45, 2.75) is 18.9 Å². The quantitative estimate of drug-likeness (QED) is 0.445. The summed E-state index contributed by atoms with van der Waals surface area (Å²) >= 11 is 6.06. The maximum Gasteiger partial charge on any atom is 0.232 e. The van der Waals surface area contributed by atoms with E-state index in [9.17, 15) is 9.18 Å². The summed E-state index contributed by atoms with van der Waals surface area (Å²) in [4.78, 5) is 24.0. The van der Waals surface area contributed by atoms with Crippen LogP contribution in [0.2, 0.25) is 5.02 Å². The zero-order chi connectivity index (χ0) is 22.8. The second kappa shape index (κ2) is 9.25. The van der Waals surface area contributed by atoms with Crippen molar-refractivity contribution < 1.29 is 9.18 Å². The Balaban J connectivity index is 1.47. The highest BCUT2D eigenvalue weighted by molar-refractivity contribution is 6.30. The molecule has 0 saturated carbocycles. The van der Waals surface area contributed by atoms with Gasteiger partial charge in [-0.15, -0.1) is 0 Å². The number of fused-ring (bicyclic) bond motifs is 1. The van der Waals surface area contributed by atoms with Crippen LogP contribution in [0, 0.1) is 5.82 Å². The molecule has 33 heavy (non-hydrogen) atoms. The van der Waals surface area contributed by atoms with Crippen molar-refractivity contribution in [1.82, 2.24) is 15.3 Å². The number of nitrogens with zero attached hydrogens (tertiary/aromatic N) is 3. The summed E-state index contributed by atoms with van der Waals surface area (Å²) in [5, 5.41) is 5.50. The molecule has 0 spiro atoms. The van der Waals surface area contributed by atoms with Crippen LogP contribution in [0.25, 0.3) is 10.8 Å². The second-order valence-electron chi connectivity index (χ2n) is 8.26. The van der Waals surface area contributed by atoms with E-state index in [2.05, 4.69) is 15.3 Å². The molecule has 4 aromatic rings. The number of nitrogens with one attached hydrogen (secondary N) is 1. The van der Waals surface area contributed by atoms with Gasteiger partial charge in [0, 0.05) is 48.0 Å². The lowest BCUT2D eigenvalue weighted by atomic mass is 9.95. The van der Waals surface area contributed by atoms with Gasteiger partial charge in [0.2, 0.25) is 5.91 Å². The molecule has 0 unspecified atom stereocenters. The Bertz CT molecular complexity index is 1280. The molecule has 1 aliphatic heterocycles. The summed E-state index contributed by atoms with van der Waals surface area (Å²) in [6.07, 6.45) is 5.47. The first-order chi connectivity index (χ1) is 16.1. The molecule has 1 saturated heterocycles. The van der Waals surface area contributed by atoms with E-state index in [1.54, 1.807) is 23.4 Å². The summed E-state index contributed by atoms with van der Waals surface area (Å²) in [7, 11) is 0. The Hall–Kier alpha value is -3.35. The lowest BCUT2D eigenvalue weighted by molar-refractivity contribution is -0.118. The van der Waals surface area contributed by atoms with Crippen LogP contribution in [0.1, 0.15) is 22.6 Å². The molecule has 5 nitrogen and oxygen atoms in total. The molecule has 0 radical (unpaired) electrons. The lowest BCUT2D eigenvalue weighted by Crippen LogP contribution is -2.40. The predicted octanol–water partition coefficient (Wildman–Crippen LogP) is 4.89. The van der Waals surface area contributed by atoms with Crippen LogP contribution >= 0.6 is 11.6 Å². The summed E-state index contributed by atoms with van der Waals surface area (Å²) in [5.41, 5.74) is 2.56. The van der Waals surface area contributed by atoms with E-state index in [1.165, 1.54) is 12.1 Å². The van der Waals surface area contributed by atoms with E-state index in [0.29, 0.717) is 17.3 Å². The van der Waals surface area contributed by atoms with Gasteiger partial charge in [-0.3, -0.25) is 14.7 Å². The van der Waals surface area contributed by atoms with Gasteiger partial charge in [0.05, 0.1) is 13.0 Å². The van der Waals surface area contributed by atoms with Crippen molar-refractivity contribution in [3.63, 3.8) is 0 Å². The molecule has 166 valence electrons. The first kappa shape index (κ1) is 21.5. The minimum Gasteiger partial charge on any atom is -0.315 e. The molecule has 1 N–H and O–H groups in total. The monoisotopic (exact) mass is 460 g/mol. The second-order valence-corrected chi connectivity index (χ2v) is 8.70. The zero-order valence-electron chi connectivity index (χ0n) is 17.8. The molecule has 0 aliphatic carbocycles. The average molecular weight is 461 g/mol. The van der Waals surface area contributed by atoms with E-state index < -0.39 is 5.82 Å². The molecule has 2 aromatic heterocycles. The van der Waals surface area contributed by atoms with Gasteiger partial charge in [0.15, 0.2) is 0 Å². The van der Waals surface area contributed by atoms with Crippen LogP contribution in [-0.4, -0.2) is 29.0 Å². The number of carbonyl (C=O) groups is 1. The highest BCUT2D eigenvalue weighted by Crippen LogP contribution is 2.25. The van der Waals surface area contributed by atoms with Gasteiger partial charge in [0.25, 0.3) is 0 Å². The van der Waals surface area contributed by atoms with Crippen molar-refractivity contribution in [1.29, 1.82) is 0 Å². The minimum atomic E-state index is -0.441. The topological polar surface area (TPSA) is 58.1 Å². The predicted molar refractivity (Wildman–Crippen MR) is 128 cm³/mol. The van der Waals surface area contributed by atoms with E-state index in [4.69, 9.17) is 11.6 Å². The van der Waals surface area contributed by atoms with Gasteiger partial charge < -0.3 is 5.32 Å². The third-order valence-corrected chi connectivity index (χ3v) is 6.17. The van der Waals surface area contributed by atoms with Crippen molar-refractivity contribution in [3.8, 4) is 0 Å². The molecule has 0 bridgehead atoms. The highest BCUT2D eigenvalue weighted by atomic mass is 35.5. The minimum absolute atomic E-state index is 0.146. The molecular formula is C26H22ClFN4O. The maximum absolute atomic E-state index is 14.0. The average Bonchev–Trinajstić information content (AvgIpc) is 2.76. The molecular weight excluding hydrogens is 439 g/mol. The van der Waals surface area contributed by atoms with Crippen LogP contribution in [0.15, 0.2) is 73.2 Å². The summed E-state index contributed by atoms with van der Waals surface area (Å²) < 4.78 is 14.0. The number of aromatic nitrogens is 2. The Kier molecular flexibility index (Phi) is 6.03. The Morgan fingerprint density at radius 3 is 2.67 bits per heavy atom. The van der Waals surface area contributed by atoms with E-state index in [-0.39, 0.29) is 23.9 Å². The molecule has 7 heteroatoms. The van der Waals surface area contributed by atoms with Crippen LogP contribution in [0.3, 0.4) is 0 Å². The van der Waals surface area contributed by atoms with E-state index >= 15 is 0 Å². The van der Waals surface area contributed by atoms with Gasteiger partial charge in [-0.05, 0) is 46.3 Å². The van der Waals surface area contributed by atoms with Gasteiger partial charge in [-0.1, -0.05) is 41.9 Å². The lowest BCUT2D eigenvalue weighted by Gasteiger charge is -2.28. The number of carbonyl (C=O) groups excluding carboxylic acids is 1. The molecule has 1 aliphatic rings. The Morgan fingerprint density at radius 1 is 1.09 bits per heavy atom. The maximum atomic E-state index is 14.0. The summed E-state index contributed by atoms with van der Waals surface area (Å²) in [6, 6.07) is 16.0. The number of halogens is 2. The standard InChI is InChI=1S/C26H22ClFN4O/c27-22-7-17(8-23(28)10-22)16-32(25-6-5-18(15-31-25)21-13-30-14-21)26(33)9-20-12-29-11-19-3-1-2-4-24(19)20/h1-8,10-12,15,21,30H,9,13-14,16H2. The fraction of sp³-hybridized carbons (Fsp3) is 0.192. The molecule has 1 amide bonds. The van der Waals surface area contributed by atoms with Gasteiger partial charge in [-0.2, -0.15) is 0 Å². The number of rotatable bonds is 6. The molecule has 0 atom stereocenters. The van der Waals surface area contributed by atoms with E-state index in [1.807, 2.05) is 42.6 Å². The molecule has 1 fully saturated rings. The number of amides is 1. The summed E-state index contributed by atoms with van der Waals surface area (Å²) in [5.74, 6) is 0.368. The normalized spacial score (nSPS) is 13.6. The van der Waals surface area contributed by atoms with E-state index in [0.717, 1.165) is 35.0 Å². The fourth-order valence-electron chi connectivity index (χ4n) is 4.08. The first-order valence-corrected chi connectivity index (χ1v) is 11.2. The van der Waals surface area contributed by atoms with Crippen molar-refractivity contribution >= 4 is 34.1 Å². The largest absolute Gasteiger partial charge is 0.315 e. The number of pyridine rings is 2. The third kappa shape index (κ3) is 4.72. The number of benzene rings is 2. The summed E-state index contributed by atoms with van der Waals surface area (Å²) in [6.45, 7) is 2.02. The Labute approximate surface area is 196 Å². The number of hydrogen-bond donors (Lipinski definition) is 1. The van der Waals surface area contributed by atoms with Crippen molar-refractivity contribution in [2.24, 2.45) is 0 Å². The Morgan fingerprint density at radius 2 is 1.94 bits per heavy atom. The molecule has 2 aromatic carbocycles. The fourth-order valence-corrected chi connectivity index (χ4v) is 4.33. The number of hydrogen-bond acceptors (Lipinski definition) is 4. The zero-order valence-corrected chi connectivity index (χ0v) is 18.6. The van der Waals surface area contributed by atoms with Crippen LogP contribution in [0.4, 0.5) is 10.2 Å². The number of anilines is 1. The smallest absolute Gasteiger partial charge is 0.232 e. The molecule has 5 rings (SSSR count). The van der Waals surface area contributed by atoms with Crippen LogP contribution in [-0.2, 0) is 17.8 Å². The van der Waals surface area contributed by atoms with Crippen molar-refractivity contribution in [2.75, 3.05) is 18.0 Å². The van der Waals surface area contributed by atoms with Crippen LogP contribution in [0.5, 0.6) is 0 Å². The third-order valence-electron chi connectivity index (χ3n) is 5.96. The SMILES string of the molecule is O=C(Cc1cncc2ccccc12)N(Cc1cc(F)cc(Cl)c1)c1ccc(C2CNC2)cn1. The van der Waals surface area contributed by atoms with Gasteiger partial charge >= 0.3 is 0 Å².